The summed E-state index contributed by atoms with van der Waals surface area (Å²) in [5.41, 5.74) is 0.939. The third kappa shape index (κ3) is 5.23. The highest BCUT2D eigenvalue weighted by Crippen LogP contribution is 2.13. The average Bonchev–Trinajstić information content (AvgIpc) is 3.02. The fourth-order valence-electron chi connectivity index (χ4n) is 1.79. The molecule has 0 aliphatic heterocycles. The highest BCUT2D eigenvalue weighted by atomic mass is 16.5. The zero-order chi connectivity index (χ0) is 15.3. The molecule has 0 aromatic carbocycles. The molecule has 0 radical (unpaired) electrons. The number of aromatic nitrogens is 3. The van der Waals surface area contributed by atoms with E-state index in [4.69, 9.17) is 9.26 Å². The van der Waals surface area contributed by atoms with Gasteiger partial charge >= 0.3 is 0 Å². The number of hydrogen-bond donors (Lipinski definition) is 1. The van der Waals surface area contributed by atoms with E-state index in [-0.39, 0.29) is 5.54 Å². The van der Waals surface area contributed by atoms with Crippen molar-refractivity contribution < 1.29 is 9.26 Å². The number of nitrogens with one attached hydrogen (secondary N) is 1. The van der Waals surface area contributed by atoms with E-state index >= 15 is 0 Å². The Morgan fingerprint density at radius 3 is 2.90 bits per heavy atom. The van der Waals surface area contributed by atoms with Gasteiger partial charge in [-0.25, -0.2) is 0 Å². The molecule has 0 saturated heterocycles. The van der Waals surface area contributed by atoms with E-state index in [2.05, 4.69) is 43.3 Å². The molecule has 0 atom stereocenters. The maximum Gasteiger partial charge on any atom is 0.174 e. The number of hydrogen-bond acceptors (Lipinski definition) is 5. The van der Waals surface area contributed by atoms with E-state index in [0.717, 1.165) is 24.4 Å². The molecule has 0 saturated carbocycles. The molecule has 1 N–H and O–H groups in total. The summed E-state index contributed by atoms with van der Waals surface area (Å²) in [5.74, 6) is 1.46. The summed E-state index contributed by atoms with van der Waals surface area (Å²) < 4.78 is 12.8. The van der Waals surface area contributed by atoms with Crippen molar-refractivity contribution in [1.82, 2.24) is 20.3 Å². The van der Waals surface area contributed by atoms with Crippen molar-refractivity contribution in [2.45, 2.75) is 59.4 Å². The van der Waals surface area contributed by atoms with Gasteiger partial charge < -0.3 is 14.6 Å². The minimum absolute atomic E-state index is 0.0590. The van der Waals surface area contributed by atoms with Crippen molar-refractivity contribution >= 4 is 0 Å². The molecule has 6 heteroatoms. The van der Waals surface area contributed by atoms with Gasteiger partial charge in [-0.1, -0.05) is 12.1 Å². The highest BCUT2D eigenvalue weighted by Gasteiger charge is 2.11. The molecule has 2 aromatic rings. The summed E-state index contributed by atoms with van der Waals surface area (Å²) in [6.45, 7) is 10.4. The maximum atomic E-state index is 5.64. The quantitative estimate of drug-likeness (QED) is 0.850. The van der Waals surface area contributed by atoms with Crippen LogP contribution < -0.4 is 10.1 Å². The van der Waals surface area contributed by atoms with Crippen LogP contribution in [0.15, 0.2) is 23.0 Å². The predicted octanol–water partition coefficient (Wildman–Crippen LogP) is 2.75. The predicted molar refractivity (Wildman–Crippen MR) is 79.9 cm³/mol. The number of rotatable bonds is 7. The highest BCUT2D eigenvalue weighted by molar-refractivity contribution is 5.13. The zero-order valence-corrected chi connectivity index (χ0v) is 13.2. The summed E-state index contributed by atoms with van der Waals surface area (Å²) in [6.07, 6.45) is 4.66. The first-order valence-corrected chi connectivity index (χ1v) is 7.31. The Hall–Kier alpha value is -1.82. The molecule has 6 nitrogen and oxygen atoms in total. The van der Waals surface area contributed by atoms with Crippen molar-refractivity contribution in [3.63, 3.8) is 0 Å². The van der Waals surface area contributed by atoms with Gasteiger partial charge in [-0.15, -0.1) is 0 Å². The van der Waals surface area contributed by atoms with Gasteiger partial charge in [-0.2, -0.15) is 5.10 Å². The number of aryl methyl sites for hydroxylation is 1. The topological polar surface area (TPSA) is 65.1 Å². The third-order valence-electron chi connectivity index (χ3n) is 2.85. The minimum atomic E-state index is 0.0590. The molecule has 0 spiro atoms. The van der Waals surface area contributed by atoms with Gasteiger partial charge in [0.05, 0.1) is 18.1 Å². The average molecular weight is 292 g/mol. The summed E-state index contributed by atoms with van der Waals surface area (Å²) in [4.78, 5) is 0. The molecule has 2 rings (SSSR count). The van der Waals surface area contributed by atoms with Crippen LogP contribution in [0.1, 0.15) is 45.6 Å². The van der Waals surface area contributed by atoms with Gasteiger partial charge in [0.15, 0.2) is 11.5 Å². The maximum absolute atomic E-state index is 5.64. The molecule has 116 valence electrons. The van der Waals surface area contributed by atoms with Crippen LogP contribution in [0.3, 0.4) is 0 Å². The lowest BCUT2D eigenvalue weighted by molar-refractivity contribution is 0.248. The van der Waals surface area contributed by atoms with Gasteiger partial charge in [-0.05, 0) is 27.2 Å². The minimum Gasteiger partial charge on any atom is -0.482 e. The molecule has 0 amide bonds. The normalized spacial score (nSPS) is 11.8. The Bertz CT molecular complexity index is 554. The smallest absolute Gasteiger partial charge is 0.174 e. The Kier molecular flexibility index (Phi) is 5.01. The first-order chi connectivity index (χ1) is 9.96. The zero-order valence-electron chi connectivity index (χ0n) is 13.2. The fraction of sp³-hybridized carbons (Fsp3) is 0.600. The Morgan fingerprint density at radius 2 is 2.19 bits per heavy atom. The van der Waals surface area contributed by atoms with E-state index in [1.165, 1.54) is 0 Å². The molecular formula is C15H24N4O2. The van der Waals surface area contributed by atoms with Crippen LogP contribution in [-0.4, -0.2) is 20.5 Å². The van der Waals surface area contributed by atoms with Crippen LogP contribution in [0, 0.1) is 0 Å². The van der Waals surface area contributed by atoms with E-state index in [1.54, 1.807) is 6.20 Å². The Labute approximate surface area is 125 Å². The SMILES string of the molecule is CCCn1cc(OCc2cc(CNC(C)(C)C)no2)cn1. The monoisotopic (exact) mass is 292 g/mol. The molecule has 0 fully saturated rings. The van der Waals surface area contributed by atoms with Crippen molar-refractivity contribution in [2.75, 3.05) is 0 Å². The summed E-state index contributed by atoms with van der Waals surface area (Å²) in [5, 5.41) is 11.6. The molecule has 0 aliphatic rings. The first kappa shape index (κ1) is 15.6. The van der Waals surface area contributed by atoms with Gasteiger partial charge in [-0.3, -0.25) is 4.68 Å². The van der Waals surface area contributed by atoms with Gasteiger partial charge in [0.2, 0.25) is 0 Å². The van der Waals surface area contributed by atoms with Gasteiger partial charge in [0, 0.05) is 24.7 Å². The van der Waals surface area contributed by atoms with E-state index in [9.17, 15) is 0 Å². The number of nitrogens with zero attached hydrogens (tertiary/aromatic N) is 3. The largest absolute Gasteiger partial charge is 0.482 e. The Morgan fingerprint density at radius 1 is 1.38 bits per heavy atom. The fourth-order valence-corrected chi connectivity index (χ4v) is 1.79. The lowest BCUT2D eigenvalue weighted by atomic mass is 10.1. The van der Waals surface area contributed by atoms with Crippen molar-refractivity contribution in [3.05, 3.63) is 29.9 Å². The molecule has 2 aromatic heterocycles. The van der Waals surface area contributed by atoms with Crippen LogP contribution >= 0.6 is 0 Å². The van der Waals surface area contributed by atoms with E-state index in [0.29, 0.717) is 18.9 Å². The number of ether oxygens (including phenoxy) is 1. The third-order valence-corrected chi connectivity index (χ3v) is 2.85. The van der Waals surface area contributed by atoms with Crippen LogP contribution in [0.5, 0.6) is 5.75 Å². The molecule has 0 aliphatic carbocycles. The summed E-state index contributed by atoms with van der Waals surface area (Å²) in [6, 6.07) is 1.91. The van der Waals surface area contributed by atoms with Gasteiger partial charge in [0.1, 0.15) is 6.61 Å². The lowest BCUT2D eigenvalue weighted by Gasteiger charge is -2.19. The van der Waals surface area contributed by atoms with Crippen molar-refractivity contribution in [2.24, 2.45) is 0 Å². The standard InChI is InChI=1S/C15H24N4O2/c1-5-6-19-10-14(9-17-19)20-11-13-7-12(18-21-13)8-16-15(2,3)4/h7,9-10,16H,5-6,8,11H2,1-4H3. The van der Waals surface area contributed by atoms with E-state index < -0.39 is 0 Å². The van der Waals surface area contributed by atoms with Crippen molar-refractivity contribution in [1.29, 1.82) is 0 Å². The van der Waals surface area contributed by atoms with Crippen LogP contribution in [0.2, 0.25) is 0 Å². The van der Waals surface area contributed by atoms with Gasteiger partial charge in [0.25, 0.3) is 0 Å². The van der Waals surface area contributed by atoms with Crippen LogP contribution in [0.4, 0.5) is 0 Å². The molecule has 21 heavy (non-hydrogen) atoms. The van der Waals surface area contributed by atoms with Crippen molar-refractivity contribution in [3.8, 4) is 5.75 Å². The lowest BCUT2D eigenvalue weighted by Crippen LogP contribution is -2.35. The molecule has 0 unspecified atom stereocenters. The second kappa shape index (κ2) is 6.76. The second-order valence-corrected chi connectivity index (χ2v) is 6.12. The molecular weight excluding hydrogens is 268 g/mol. The van der Waals surface area contributed by atoms with Crippen LogP contribution in [0.25, 0.3) is 0 Å². The molecule has 0 bridgehead atoms. The summed E-state index contributed by atoms with van der Waals surface area (Å²) >= 11 is 0. The first-order valence-electron chi connectivity index (χ1n) is 7.31. The second-order valence-electron chi connectivity index (χ2n) is 6.12. The summed E-state index contributed by atoms with van der Waals surface area (Å²) in [7, 11) is 0. The van der Waals surface area contributed by atoms with E-state index in [1.807, 2.05) is 16.9 Å². The Balaban J connectivity index is 1.81. The van der Waals surface area contributed by atoms with Crippen LogP contribution in [-0.2, 0) is 19.7 Å². The molecule has 2 heterocycles.